The molecule has 9 heteroatoms. The molecule has 8 nitrogen and oxygen atoms in total. The maximum Gasteiger partial charge on any atom is 0.262 e. The number of nitrogens with one attached hydrogen (secondary N) is 1. The first-order chi connectivity index (χ1) is 17.0. The summed E-state index contributed by atoms with van der Waals surface area (Å²) in [6.45, 7) is 1.88. The van der Waals surface area contributed by atoms with Crippen LogP contribution in [0.1, 0.15) is 32.8 Å². The van der Waals surface area contributed by atoms with Crippen LogP contribution < -0.4 is 5.32 Å². The van der Waals surface area contributed by atoms with Crippen LogP contribution in [0.5, 0.6) is 0 Å². The van der Waals surface area contributed by atoms with E-state index in [1.54, 1.807) is 46.9 Å². The van der Waals surface area contributed by atoms with E-state index in [1.807, 2.05) is 49.6 Å². The van der Waals surface area contributed by atoms with Gasteiger partial charge in [0, 0.05) is 5.39 Å². The molecule has 0 saturated carbocycles. The predicted octanol–water partition coefficient (Wildman–Crippen LogP) is 4.09. The highest BCUT2D eigenvalue weighted by atomic mass is 32.2. The first-order valence-electron chi connectivity index (χ1n) is 11.2. The average Bonchev–Trinajstić information content (AvgIpc) is 3.34. The number of carbonyl (C=O) groups excluding carboxylic acids is 3. The minimum absolute atomic E-state index is 0.325. The Kier molecular flexibility index (Phi) is 6.08. The second kappa shape index (κ2) is 9.34. The third kappa shape index (κ3) is 4.08. The zero-order valence-corrected chi connectivity index (χ0v) is 20.1. The molecule has 0 fully saturated rings. The highest BCUT2D eigenvalue weighted by Crippen LogP contribution is 2.28. The van der Waals surface area contributed by atoms with Gasteiger partial charge in [0.15, 0.2) is 5.65 Å². The fourth-order valence-electron chi connectivity index (χ4n) is 4.28. The Hall–Kier alpha value is -3.98. The number of imide groups is 1. The van der Waals surface area contributed by atoms with Gasteiger partial charge in [-0.15, -0.1) is 0 Å². The van der Waals surface area contributed by atoms with E-state index in [-0.39, 0.29) is 0 Å². The minimum Gasteiger partial charge on any atom is -0.323 e. The molecule has 0 bridgehead atoms. The van der Waals surface area contributed by atoms with E-state index < -0.39 is 23.8 Å². The quantitative estimate of drug-likeness (QED) is 0.396. The molecule has 176 valence electrons. The summed E-state index contributed by atoms with van der Waals surface area (Å²) in [7, 11) is 0. The molecular weight excluding hydrogens is 462 g/mol. The van der Waals surface area contributed by atoms with E-state index in [0.29, 0.717) is 34.6 Å². The van der Waals surface area contributed by atoms with Crippen LogP contribution in [0.3, 0.4) is 0 Å². The van der Waals surface area contributed by atoms with Gasteiger partial charge in [-0.2, -0.15) is 16.9 Å². The van der Waals surface area contributed by atoms with Gasteiger partial charge in [0.25, 0.3) is 11.8 Å². The van der Waals surface area contributed by atoms with Crippen molar-refractivity contribution in [1.29, 1.82) is 0 Å². The number of hydrogen-bond donors (Lipinski definition) is 1. The number of para-hydroxylation sites is 1. The van der Waals surface area contributed by atoms with Crippen LogP contribution in [0, 0.1) is 6.92 Å². The Morgan fingerprint density at radius 3 is 2.34 bits per heavy atom. The Morgan fingerprint density at radius 1 is 1.03 bits per heavy atom. The molecule has 0 spiro atoms. The molecule has 2 aromatic carbocycles. The molecule has 0 saturated heterocycles. The molecule has 0 aliphatic carbocycles. The molecule has 4 aromatic rings. The van der Waals surface area contributed by atoms with Crippen LogP contribution in [-0.4, -0.2) is 55.4 Å². The highest BCUT2D eigenvalue weighted by Gasteiger charge is 2.42. The Bertz CT molecular complexity index is 1420. The number of thioether (sulfide) groups is 1. The number of benzene rings is 2. The van der Waals surface area contributed by atoms with E-state index in [1.165, 1.54) is 0 Å². The number of aromatic nitrogens is 3. The van der Waals surface area contributed by atoms with Crippen molar-refractivity contribution in [3.05, 3.63) is 83.7 Å². The minimum atomic E-state index is -0.932. The third-order valence-corrected chi connectivity index (χ3v) is 6.65. The molecule has 3 heterocycles. The standard InChI is InChI=1S/C26H23N5O3S/c1-16-21-14-17(15-27-23(21)31(29-16)18-8-4-3-5-9-18)28-24(32)22(12-13-35-2)30-25(33)19-10-6-7-11-20(19)26(30)34/h3-11,14-15,22H,12-13H2,1-2H3,(H,28,32). The fourth-order valence-corrected chi connectivity index (χ4v) is 4.74. The van der Waals surface area contributed by atoms with Gasteiger partial charge in [-0.3, -0.25) is 19.3 Å². The lowest BCUT2D eigenvalue weighted by Gasteiger charge is -2.25. The van der Waals surface area contributed by atoms with Crippen molar-refractivity contribution in [2.75, 3.05) is 17.3 Å². The van der Waals surface area contributed by atoms with Gasteiger partial charge in [0.2, 0.25) is 5.91 Å². The smallest absolute Gasteiger partial charge is 0.262 e. The topological polar surface area (TPSA) is 97.2 Å². The monoisotopic (exact) mass is 485 g/mol. The van der Waals surface area contributed by atoms with Crippen molar-refractivity contribution in [2.45, 2.75) is 19.4 Å². The molecule has 2 aromatic heterocycles. The van der Waals surface area contributed by atoms with Gasteiger partial charge in [-0.1, -0.05) is 30.3 Å². The average molecular weight is 486 g/mol. The molecule has 1 aliphatic rings. The SMILES string of the molecule is CSCCC(C(=O)Nc1cnc2c(c1)c(C)nn2-c1ccccc1)N1C(=O)c2ccccc2C1=O. The maximum atomic E-state index is 13.4. The summed E-state index contributed by atoms with van der Waals surface area (Å²) in [5.41, 5.74) is 3.46. The van der Waals surface area contributed by atoms with Gasteiger partial charge < -0.3 is 5.32 Å². The zero-order chi connectivity index (χ0) is 24.5. The lowest BCUT2D eigenvalue weighted by Crippen LogP contribution is -2.47. The first-order valence-corrected chi connectivity index (χ1v) is 12.6. The number of rotatable bonds is 7. The number of carbonyl (C=O) groups is 3. The van der Waals surface area contributed by atoms with Crippen molar-refractivity contribution in [2.24, 2.45) is 0 Å². The second-order valence-electron chi connectivity index (χ2n) is 8.24. The largest absolute Gasteiger partial charge is 0.323 e. The summed E-state index contributed by atoms with van der Waals surface area (Å²) >= 11 is 1.55. The number of aryl methyl sites for hydroxylation is 1. The molecule has 3 amide bonds. The van der Waals surface area contributed by atoms with Gasteiger partial charge in [0.05, 0.1) is 34.4 Å². The molecule has 35 heavy (non-hydrogen) atoms. The number of pyridine rings is 1. The molecule has 1 unspecified atom stereocenters. The van der Waals surface area contributed by atoms with Crippen molar-refractivity contribution < 1.29 is 14.4 Å². The summed E-state index contributed by atoms with van der Waals surface area (Å²) < 4.78 is 1.76. The Morgan fingerprint density at radius 2 is 1.69 bits per heavy atom. The molecule has 1 aliphatic heterocycles. The maximum absolute atomic E-state index is 13.4. The highest BCUT2D eigenvalue weighted by molar-refractivity contribution is 7.98. The van der Waals surface area contributed by atoms with Crippen LogP contribution in [0.15, 0.2) is 66.9 Å². The lowest BCUT2D eigenvalue weighted by molar-refractivity contribution is -0.120. The van der Waals surface area contributed by atoms with Crippen LogP contribution >= 0.6 is 11.8 Å². The summed E-state index contributed by atoms with van der Waals surface area (Å²) in [4.78, 5) is 45.1. The molecular formula is C26H23N5O3S. The normalized spacial score (nSPS) is 13.8. The van der Waals surface area contributed by atoms with Crippen LogP contribution in [0.25, 0.3) is 16.7 Å². The van der Waals surface area contributed by atoms with E-state index in [4.69, 9.17) is 0 Å². The lowest BCUT2D eigenvalue weighted by atomic mass is 10.1. The number of amides is 3. The third-order valence-electron chi connectivity index (χ3n) is 6.01. The number of nitrogens with zero attached hydrogens (tertiary/aromatic N) is 4. The molecule has 0 radical (unpaired) electrons. The summed E-state index contributed by atoms with van der Waals surface area (Å²) in [5.74, 6) is -0.699. The summed E-state index contributed by atoms with van der Waals surface area (Å²) in [6.07, 6.45) is 3.83. The van der Waals surface area contributed by atoms with Gasteiger partial charge in [0.1, 0.15) is 6.04 Å². The van der Waals surface area contributed by atoms with Gasteiger partial charge in [-0.25, -0.2) is 9.67 Å². The zero-order valence-electron chi connectivity index (χ0n) is 19.3. The van der Waals surface area contributed by atoms with E-state index in [2.05, 4.69) is 15.4 Å². The number of fused-ring (bicyclic) bond motifs is 2. The molecule has 5 rings (SSSR count). The first kappa shape index (κ1) is 22.8. The molecule has 1 N–H and O–H groups in total. The van der Waals surface area contributed by atoms with Gasteiger partial charge >= 0.3 is 0 Å². The van der Waals surface area contributed by atoms with E-state index >= 15 is 0 Å². The van der Waals surface area contributed by atoms with E-state index in [0.717, 1.165) is 21.7 Å². The van der Waals surface area contributed by atoms with Crippen molar-refractivity contribution in [3.63, 3.8) is 0 Å². The Balaban J connectivity index is 1.44. The predicted molar refractivity (Wildman–Crippen MR) is 136 cm³/mol. The van der Waals surface area contributed by atoms with Crippen LogP contribution in [-0.2, 0) is 4.79 Å². The summed E-state index contributed by atoms with van der Waals surface area (Å²) in [6, 6.07) is 17.2. The Labute approximate surface area is 206 Å². The molecule has 1 atom stereocenters. The van der Waals surface area contributed by atoms with Crippen molar-refractivity contribution in [1.82, 2.24) is 19.7 Å². The fraction of sp³-hybridized carbons (Fsp3) is 0.192. The van der Waals surface area contributed by atoms with E-state index in [9.17, 15) is 14.4 Å². The number of hydrogen-bond acceptors (Lipinski definition) is 6. The van der Waals surface area contributed by atoms with Crippen LogP contribution in [0.2, 0.25) is 0 Å². The number of anilines is 1. The van der Waals surface area contributed by atoms with Crippen molar-refractivity contribution in [3.8, 4) is 5.69 Å². The van der Waals surface area contributed by atoms with Crippen LogP contribution in [0.4, 0.5) is 5.69 Å². The van der Waals surface area contributed by atoms with Gasteiger partial charge in [-0.05, 0) is 55.7 Å². The summed E-state index contributed by atoms with van der Waals surface area (Å²) in [5, 5.41) is 8.27. The second-order valence-corrected chi connectivity index (χ2v) is 9.23. The van der Waals surface area contributed by atoms with Crippen molar-refractivity contribution >= 4 is 46.2 Å².